The van der Waals surface area contributed by atoms with Crippen molar-refractivity contribution in [3.8, 4) is 0 Å². The van der Waals surface area contributed by atoms with E-state index in [0.29, 0.717) is 57.5 Å². The van der Waals surface area contributed by atoms with Gasteiger partial charge in [-0.15, -0.1) is 0 Å². The van der Waals surface area contributed by atoms with Gasteiger partial charge < -0.3 is 15.1 Å². The highest BCUT2D eigenvalue weighted by molar-refractivity contribution is 6.07. The maximum Gasteiger partial charge on any atom is 0.416 e. The van der Waals surface area contributed by atoms with Crippen molar-refractivity contribution in [3.63, 3.8) is 0 Å². The smallest absolute Gasteiger partial charge is 0.368 e. The van der Waals surface area contributed by atoms with Crippen LogP contribution in [0, 0.1) is 5.92 Å². The second kappa shape index (κ2) is 7.48. The topological polar surface area (TPSA) is 81.8 Å². The molecule has 0 bridgehead atoms. The van der Waals surface area contributed by atoms with Crippen LogP contribution in [0.5, 0.6) is 0 Å². The first kappa shape index (κ1) is 20.5. The lowest BCUT2D eigenvalue weighted by atomic mass is 9.76. The highest BCUT2D eigenvalue weighted by Gasteiger charge is 2.49. The van der Waals surface area contributed by atoms with E-state index in [1.807, 2.05) is 4.90 Å². The monoisotopic (exact) mass is 424 g/mol. The summed E-state index contributed by atoms with van der Waals surface area (Å²) in [5.74, 6) is -0.521. The van der Waals surface area contributed by atoms with Crippen LogP contribution in [0.1, 0.15) is 31.2 Å². The summed E-state index contributed by atoms with van der Waals surface area (Å²) in [6, 6.07) is 4.74. The second-order valence-corrected chi connectivity index (χ2v) is 8.13. The Hall–Kier alpha value is -2.78. The molecular weight excluding hydrogens is 401 g/mol. The van der Waals surface area contributed by atoms with E-state index in [0.717, 1.165) is 12.1 Å². The molecule has 0 atom stereocenters. The van der Waals surface area contributed by atoms with Gasteiger partial charge in [-0.1, -0.05) is 6.07 Å². The lowest BCUT2D eigenvalue weighted by molar-refractivity contribution is -0.138. The van der Waals surface area contributed by atoms with Crippen LogP contribution in [0.3, 0.4) is 0 Å². The Labute approximate surface area is 171 Å². The minimum absolute atomic E-state index is 0.0123. The fourth-order valence-corrected chi connectivity index (χ4v) is 4.56. The number of carbonyl (C=O) groups is 3. The molecule has 1 saturated carbocycles. The summed E-state index contributed by atoms with van der Waals surface area (Å²) >= 11 is 0. The summed E-state index contributed by atoms with van der Waals surface area (Å²) < 4.78 is 38.8. The molecule has 0 radical (unpaired) electrons. The molecule has 2 aliphatic heterocycles. The van der Waals surface area contributed by atoms with E-state index < -0.39 is 23.3 Å². The molecule has 1 aromatic carbocycles. The Balaban J connectivity index is 1.32. The fourth-order valence-electron chi connectivity index (χ4n) is 4.56. The Morgan fingerprint density at radius 1 is 1.07 bits per heavy atom. The molecule has 162 valence electrons. The third-order valence-corrected chi connectivity index (χ3v) is 6.33. The Bertz CT molecular complexity index is 857. The van der Waals surface area contributed by atoms with E-state index in [4.69, 9.17) is 0 Å². The van der Waals surface area contributed by atoms with Crippen molar-refractivity contribution in [3.05, 3.63) is 29.8 Å². The lowest BCUT2D eigenvalue weighted by Gasteiger charge is -2.40. The predicted octanol–water partition coefficient (Wildman–Crippen LogP) is 2.12. The number of amides is 4. The van der Waals surface area contributed by atoms with Crippen molar-refractivity contribution in [2.75, 3.05) is 31.1 Å². The molecule has 4 amide bonds. The van der Waals surface area contributed by atoms with Gasteiger partial charge in [0.25, 0.3) is 5.91 Å². The van der Waals surface area contributed by atoms with Gasteiger partial charge in [0.05, 0.1) is 5.56 Å². The predicted molar refractivity (Wildman–Crippen MR) is 102 cm³/mol. The number of halogens is 3. The number of hydrogen-bond donors (Lipinski definition) is 2. The number of carbonyl (C=O) groups excluding carboxylic acids is 3. The van der Waals surface area contributed by atoms with E-state index in [-0.39, 0.29) is 17.7 Å². The minimum Gasteiger partial charge on any atom is -0.368 e. The van der Waals surface area contributed by atoms with Crippen LogP contribution in [0.25, 0.3) is 0 Å². The number of alkyl halides is 3. The fraction of sp³-hybridized carbons (Fsp3) is 0.550. The number of imide groups is 1. The molecule has 30 heavy (non-hydrogen) atoms. The summed E-state index contributed by atoms with van der Waals surface area (Å²) in [5.41, 5.74) is -1.08. The molecular formula is C20H23F3N4O3. The zero-order valence-corrected chi connectivity index (χ0v) is 16.3. The van der Waals surface area contributed by atoms with Crippen LogP contribution < -0.4 is 15.5 Å². The van der Waals surface area contributed by atoms with Gasteiger partial charge in [0.15, 0.2) is 0 Å². The van der Waals surface area contributed by atoms with Crippen LogP contribution >= 0.6 is 0 Å². The largest absolute Gasteiger partial charge is 0.416 e. The molecule has 3 aliphatic rings. The lowest BCUT2D eigenvalue weighted by Crippen LogP contribution is -2.53. The molecule has 2 N–H and O–H groups in total. The number of piperazine rings is 1. The maximum absolute atomic E-state index is 12.9. The molecule has 1 aliphatic carbocycles. The van der Waals surface area contributed by atoms with Crippen molar-refractivity contribution in [1.82, 2.24) is 15.5 Å². The van der Waals surface area contributed by atoms with E-state index in [9.17, 15) is 27.6 Å². The molecule has 2 heterocycles. The van der Waals surface area contributed by atoms with Gasteiger partial charge in [-0.2, -0.15) is 13.2 Å². The summed E-state index contributed by atoms with van der Waals surface area (Å²) in [7, 11) is 0. The third-order valence-electron chi connectivity index (χ3n) is 6.33. The summed E-state index contributed by atoms with van der Waals surface area (Å²) in [6.45, 7) is 1.80. The van der Waals surface area contributed by atoms with Gasteiger partial charge in [-0.3, -0.25) is 14.9 Å². The van der Waals surface area contributed by atoms with Gasteiger partial charge >= 0.3 is 12.2 Å². The van der Waals surface area contributed by atoms with Crippen LogP contribution in [0.15, 0.2) is 24.3 Å². The van der Waals surface area contributed by atoms with Crippen molar-refractivity contribution in [2.24, 2.45) is 5.92 Å². The first-order valence-corrected chi connectivity index (χ1v) is 10.0. The minimum atomic E-state index is -4.39. The molecule has 7 nitrogen and oxygen atoms in total. The Morgan fingerprint density at radius 3 is 2.30 bits per heavy atom. The average molecular weight is 424 g/mol. The summed E-state index contributed by atoms with van der Waals surface area (Å²) in [6.07, 6.45) is -2.51. The molecule has 2 saturated heterocycles. The highest BCUT2D eigenvalue weighted by Crippen LogP contribution is 2.36. The zero-order chi connectivity index (χ0) is 21.5. The van der Waals surface area contributed by atoms with E-state index >= 15 is 0 Å². The van der Waals surface area contributed by atoms with Crippen molar-refractivity contribution in [2.45, 2.75) is 37.4 Å². The first-order valence-electron chi connectivity index (χ1n) is 10.0. The van der Waals surface area contributed by atoms with Crippen LogP contribution in [0.4, 0.5) is 23.7 Å². The van der Waals surface area contributed by atoms with Gasteiger partial charge in [0.2, 0.25) is 5.91 Å². The van der Waals surface area contributed by atoms with E-state index in [1.165, 1.54) is 6.07 Å². The van der Waals surface area contributed by atoms with E-state index in [1.54, 1.807) is 11.0 Å². The third kappa shape index (κ3) is 3.82. The van der Waals surface area contributed by atoms with Gasteiger partial charge in [-0.05, 0) is 43.9 Å². The molecule has 10 heteroatoms. The normalized spacial score (nSPS) is 27.2. The number of anilines is 1. The molecule has 1 aromatic rings. The van der Waals surface area contributed by atoms with E-state index in [2.05, 4.69) is 10.6 Å². The molecule has 0 unspecified atom stereocenters. The number of rotatable bonds is 2. The standard InChI is InChI=1S/C20H23F3N4O3/c21-20(22,23)14-2-1-3-15(12-14)26-8-10-27(11-9-26)16(28)13-4-6-19(7-5-13)17(29)24-18(30)25-19/h1-3,12-13H,4-11H2,(H2,24,25,29,30). The van der Waals surface area contributed by atoms with Crippen molar-refractivity contribution < 1.29 is 27.6 Å². The van der Waals surface area contributed by atoms with Gasteiger partial charge in [-0.25, -0.2) is 4.79 Å². The van der Waals surface area contributed by atoms with Gasteiger partial charge in [0, 0.05) is 37.8 Å². The maximum atomic E-state index is 12.9. The number of benzene rings is 1. The van der Waals surface area contributed by atoms with Crippen molar-refractivity contribution >= 4 is 23.5 Å². The molecule has 1 spiro atoms. The highest BCUT2D eigenvalue weighted by atomic mass is 19.4. The van der Waals surface area contributed by atoms with Crippen molar-refractivity contribution in [1.29, 1.82) is 0 Å². The van der Waals surface area contributed by atoms with Crippen LogP contribution in [0.2, 0.25) is 0 Å². The number of nitrogens with zero attached hydrogens (tertiary/aromatic N) is 2. The Morgan fingerprint density at radius 2 is 1.73 bits per heavy atom. The number of nitrogens with one attached hydrogen (secondary N) is 2. The SMILES string of the molecule is O=C1NC(=O)C2(CCC(C(=O)N3CCN(c4cccc(C(F)(F)F)c4)CC3)CC2)N1. The average Bonchev–Trinajstić information content (AvgIpc) is 3.00. The molecule has 0 aromatic heterocycles. The van der Waals surface area contributed by atoms with Crippen LogP contribution in [-0.4, -0.2) is 54.5 Å². The molecule has 3 fully saturated rings. The first-order chi connectivity index (χ1) is 14.2. The van der Waals surface area contributed by atoms with Crippen LogP contribution in [-0.2, 0) is 15.8 Å². The quantitative estimate of drug-likeness (QED) is 0.713. The Kier molecular flexibility index (Phi) is 5.11. The summed E-state index contributed by atoms with van der Waals surface area (Å²) in [4.78, 5) is 40.0. The summed E-state index contributed by atoms with van der Waals surface area (Å²) in [5, 5.41) is 4.94. The number of urea groups is 1. The van der Waals surface area contributed by atoms with Gasteiger partial charge in [0.1, 0.15) is 5.54 Å². The second-order valence-electron chi connectivity index (χ2n) is 8.13. The zero-order valence-electron chi connectivity index (χ0n) is 16.3. The number of hydrogen-bond acceptors (Lipinski definition) is 4. The molecule has 4 rings (SSSR count).